The van der Waals surface area contributed by atoms with Gasteiger partial charge in [-0.15, -0.1) is 0 Å². The lowest BCUT2D eigenvalue weighted by molar-refractivity contribution is -0.119. The molecule has 0 fully saturated rings. The highest BCUT2D eigenvalue weighted by Gasteiger charge is 2.43. The number of aliphatic hydroxyl groups is 1. The monoisotopic (exact) mass is 369 g/mol. The minimum atomic E-state index is -2.30. The molecule has 0 aromatic heterocycles. The molecule has 0 aliphatic carbocycles. The van der Waals surface area contributed by atoms with Crippen LogP contribution in [-0.4, -0.2) is 26.8 Å². The summed E-state index contributed by atoms with van der Waals surface area (Å²) in [4.78, 5) is 25.9. The maximum atomic E-state index is 12.6. The third-order valence-electron chi connectivity index (χ3n) is 3.59. The van der Waals surface area contributed by atoms with Crippen LogP contribution < -0.4 is 4.90 Å². The number of hydrogen-bond acceptors (Lipinski definition) is 3. The number of halogens is 3. The Kier molecular flexibility index (Phi) is 4.10. The van der Waals surface area contributed by atoms with Crippen molar-refractivity contribution in [1.29, 1.82) is 0 Å². The summed E-state index contributed by atoms with van der Waals surface area (Å²) in [6.45, 7) is 0. The van der Waals surface area contributed by atoms with Gasteiger partial charge in [0.1, 0.15) is 0 Å². The first-order valence-electron chi connectivity index (χ1n) is 6.63. The van der Waals surface area contributed by atoms with Gasteiger partial charge in [0, 0.05) is 11.1 Å². The second-order valence-corrected chi connectivity index (χ2v) is 7.25. The number of nitrogens with zero attached hydrogens (tertiary/aromatic N) is 1. The van der Waals surface area contributed by atoms with E-state index >= 15 is 0 Å². The van der Waals surface area contributed by atoms with E-state index in [4.69, 9.17) is 34.8 Å². The summed E-state index contributed by atoms with van der Waals surface area (Å²) >= 11 is 17.0. The van der Waals surface area contributed by atoms with Gasteiger partial charge in [-0.25, -0.2) is 0 Å². The zero-order chi connectivity index (χ0) is 16.8. The molecule has 0 saturated carbocycles. The number of amides is 1. The Balaban J connectivity index is 2.30. The number of carbonyl (C=O) groups is 2. The Morgan fingerprint density at radius 1 is 0.957 bits per heavy atom. The molecule has 0 saturated heterocycles. The first kappa shape index (κ1) is 16.3. The van der Waals surface area contributed by atoms with Crippen molar-refractivity contribution in [1.82, 2.24) is 0 Å². The average Bonchev–Trinajstić information content (AvgIpc) is 2.62. The molecule has 3 rings (SSSR count). The number of anilines is 1. The number of aliphatic hydroxyl groups excluding tert-OH is 1. The van der Waals surface area contributed by atoms with Gasteiger partial charge in [-0.05, 0) is 11.6 Å². The van der Waals surface area contributed by atoms with Crippen molar-refractivity contribution in [2.75, 3.05) is 4.90 Å². The summed E-state index contributed by atoms with van der Waals surface area (Å²) in [5.41, 5.74) is 1.80. The molecule has 1 aliphatic heterocycles. The summed E-state index contributed by atoms with van der Waals surface area (Å²) in [6, 6.07) is 13.5. The number of para-hydroxylation sites is 1. The maximum absolute atomic E-state index is 12.6. The lowest BCUT2D eigenvalue weighted by Crippen LogP contribution is -2.49. The molecule has 2 aromatic rings. The molecular formula is C16H10Cl3NO3. The van der Waals surface area contributed by atoms with E-state index in [2.05, 4.69) is 0 Å². The molecule has 0 spiro atoms. The van der Waals surface area contributed by atoms with E-state index < -0.39 is 21.7 Å². The molecule has 2 aromatic carbocycles. The zero-order valence-electron chi connectivity index (χ0n) is 11.5. The molecule has 23 heavy (non-hydrogen) atoms. The van der Waals surface area contributed by atoms with Crippen LogP contribution in [0, 0.1) is 0 Å². The second kappa shape index (κ2) is 5.80. The van der Waals surface area contributed by atoms with Crippen LogP contribution in [0.3, 0.4) is 0 Å². The van der Waals surface area contributed by atoms with E-state index in [9.17, 15) is 14.7 Å². The Bertz CT molecular complexity index is 801. The highest BCUT2D eigenvalue weighted by molar-refractivity contribution is 6.77. The minimum absolute atomic E-state index is 0.298. The fourth-order valence-electron chi connectivity index (χ4n) is 2.59. The van der Waals surface area contributed by atoms with E-state index in [1.807, 2.05) is 0 Å². The van der Waals surface area contributed by atoms with E-state index in [0.717, 1.165) is 4.90 Å². The van der Waals surface area contributed by atoms with Gasteiger partial charge in [0.05, 0.1) is 5.69 Å². The summed E-state index contributed by atoms with van der Waals surface area (Å²) < 4.78 is -2.30. The smallest absolute Gasteiger partial charge is 0.281 e. The van der Waals surface area contributed by atoms with Gasteiger partial charge < -0.3 is 5.11 Å². The van der Waals surface area contributed by atoms with Gasteiger partial charge >= 0.3 is 0 Å². The molecule has 1 N–H and O–H groups in total. The van der Waals surface area contributed by atoms with Crippen LogP contribution in [0.15, 0.2) is 48.5 Å². The van der Waals surface area contributed by atoms with Gasteiger partial charge in [0.2, 0.25) is 5.78 Å². The van der Waals surface area contributed by atoms with Gasteiger partial charge in [-0.2, -0.15) is 0 Å². The second-order valence-electron chi connectivity index (χ2n) is 4.97. The van der Waals surface area contributed by atoms with Crippen molar-refractivity contribution in [2.45, 2.75) is 10.0 Å². The molecule has 0 bridgehead atoms. The number of rotatable bonds is 0. The van der Waals surface area contributed by atoms with E-state index in [-0.39, 0.29) is 0 Å². The molecule has 118 valence electrons. The normalized spacial score (nSPS) is 17.3. The van der Waals surface area contributed by atoms with Crippen molar-refractivity contribution >= 4 is 52.2 Å². The molecule has 4 nitrogen and oxygen atoms in total. The molecule has 7 heteroatoms. The van der Waals surface area contributed by atoms with Crippen LogP contribution in [0.5, 0.6) is 0 Å². The SMILES string of the molecule is O=C1c2ccccc2-c2ccccc2N(C(=O)C(Cl)(Cl)Cl)C1O. The number of hydrogen-bond donors (Lipinski definition) is 1. The van der Waals surface area contributed by atoms with Gasteiger partial charge in [0.25, 0.3) is 9.70 Å². The van der Waals surface area contributed by atoms with Gasteiger partial charge in [-0.1, -0.05) is 77.3 Å². The fraction of sp³-hybridized carbons (Fsp3) is 0.125. The van der Waals surface area contributed by atoms with Gasteiger partial charge in [0.15, 0.2) is 6.23 Å². The molecule has 1 unspecified atom stereocenters. The first-order valence-corrected chi connectivity index (χ1v) is 7.77. The Labute approximate surface area is 147 Å². The minimum Gasteiger partial charge on any atom is -0.366 e. The lowest BCUT2D eigenvalue weighted by Gasteiger charge is -2.29. The fourth-order valence-corrected chi connectivity index (χ4v) is 2.86. The first-order chi connectivity index (χ1) is 10.8. The molecule has 0 radical (unpaired) electrons. The van der Waals surface area contributed by atoms with Crippen LogP contribution in [0.25, 0.3) is 11.1 Å². The highest BCUT2D eigenvalue weighted by atomic mass is 35.6. The number of Topliss-reactive ketones (excluding diaryl/α,β-unsaturated/α-hetero) is 1. The Morgan fingerprint density at radius 2 is 1.48 bits per heavy atom. The number of carbonyl (C=O) groups excluding carboxylic acids is 2. The number of alkyl halides is 3. The standard InChI is InChI=1S/C16H10Cl3NO3/c17-16(18,19)15(23)20-12-8-4-3-6-10(12)9-5-1-2-7-11(9)13(21)14(20)22/h1-8,14,22H. The molecule has 1 amide bonds. The molecule has 1 heterocycles. The van der Waals surface area contributed by atoms with Crippen LogP contribution in [-0.2, 0) is 4.79 Å². The average molecular weight is 371 g/mol. The summed E-state index contributed by atoms with van der Waals surface area (Å²) in [5.74, 6) is -1.64. The quantitative estimate of drug-likeness (QED) is 0.721. The zero-order valence-corrected chi connectivity index (χ0v) is 13.8. The van der Waals surface area contributed by atoms with Gasteiger partial charge in [-0.3, -0.25) is 14.5 Å². The van der Waals surface area contributed by atoms with Crippen LogP contribution in [0.1, 0.15) is 10.4 Å². The van der Waals surface area contributed by atoms with Crippen molar-refractivity contribution in [3.63, 3.8) is 0 Å². The third kappa shape index (κ3) is 2.72. The van der Waals surface area contributed by atoms with Crippen LogP contribution in [0.2, 0.25) is 0 Å². The van der Waals surface area contributed by atoms with Crippen molar-refractivity contribution < 1.29 is 14.7 Å². The van der Waals surface area contributed by atoms with Crippen molar-refractivity contribution in [2.24, 2.45) is 0 Å². The summed E-state index contributed by atoms with van der Waals surface area (Å²) in [6.07, 6.45) is -1.78. The molecular weight excluding hydrogens is 361 g/mol. The lowest BCUT2D eigenvalue weighted by atomic mass is 9.97. The maximum Gasteiger partial charge on any atom is 0.281 e. The largest absolute Gasteiger partial charge is 0.366 e. The number of benzene rings is 2. The van der Waals surface area contributed by atoms with E-state index in [1.165, 1.54) is 0 Å². The third-order valence-corrected chi connectivity index (χ3v) is 4.07. The van der Waals surface area contributed by atoms with Crippen molar-refractivity contribution in [3.8, 4) is 11.1 Å². The highest BCUT2D eigenvalue weighted by Crippen LogP contribution is 2.40. The number of ketones is 1. The molecule has 1 aliphatic rings. The summed E-state index contributed by atoms with van der Waals surface area (Å²) in [5, 5.41) is 10.4. The number of fused-ring (bicyclic) bond motifs is 3. The van der Waals surface area contributed by atoms with Crippen LogP contribution >= 0.6 is 34.8 Å². The predicted molar refractivity (Wildman–Crippen MR) is 90.0 cm³/mol. The topological polar surface area (TPSA) is 57.6 Å². The molecule has 1 atom stereocenters. The van der Waals surface area contributed by atoms with Crippen LogP contribution in [0.4, 0.5) is 5.69 Å². The Morgan fingerprint density at radius 3 is 2.09 bits per heavy atom. The van der Waals surface area contributed by atoms with E-state index in [1.54, 1.807) is 48.5 Å². The van der Waals surface area contributed by atoms with E-state index in [0.29, 0.717) is 22.4 Å². The van der Waals surface area contributed by atoms with Crippen molar-refractivity contribution in [3.05, 3.63) is 54.1 Å². The Hall–Kier alpha value is -1.59. The predicted octanol–water partition coefficient (Wildman–Crippen LogP) is 3.57. The summed E-state index contributed by atoms with van der Waals surface area (Å²) in [7, 11) is 0.